The molecular weight excluding hydrogens is 279 g/mol. The quantitative estimate of drug-likeness (QED) is 0.644. The maximum absolute atomic E-state index is 13.5. The largest absolute Gasteiger partial charge is 0.481 e. The van der Waals surface area contributed by atoms with Crippen LogP contribution in [0.25, 0.3) is 0 Å². The fraction of sp³-hybridized carbons (Fsp3) is 0.500. The Morgan fingerprint density at radius 2 is 2.29 bits per heavy atom. The number of aliphatic carboxylic acids is 1. The van der Waals surface area contributed by atoms with E-state index in [-0.39, 0.29) is 6.42 Å². The van der Waals surface area contributed by atoms with E-state index in [0.29, 0.717) is 24.4 Å². The fourth-order valence-electron chi connectivity index (χ4n) is 2.67. The van der Waals surface area contributed by atoms with Gasteiger partial charge in [0.2, 0.25) is 5.82 Å². The summed E-state index contributed by atoms with van der Waals surface area (Å²) >= 11 is 0. The number of carbonyl (C=O) groups is 1. The molecule has 0 aliphatic carbocycles. The van der Waals surface area contributed by atoms with E-state index in [2.05, 4.69) is 4.90 Å². The SMILES string of the molecule is O=C(O)CCC1CCN(Cc2ccc([N+](=O)[O-])c(F)c2)C1. The van der Waals surface area contributed by atoms with Crippen LogP contribution in [0.4, 0.5) is 10.1 Å². The Morgan fingerprint density at radius 3 is 2.90 bits per heavy atom. The normalized spacial score (nSPS) is 18.8. The van der Waals surface area contributed by atoms with Crippen LogP contribution >= 0.6 is 0 Å². The Balaban J connectivity index is 1.90. The third-order valence-corrected chi connectivity index (χ3v) is 3.75. The van der Waals surface area contributed by atoms with Crippen molar-refractivity contribution in [3.05, 3.63) is 39.7 Å². The van der Waals surface area contributed by atoms with E-state index in [4.69, 9.17) is 5.11 Å². The molecular formula is C14H17FN2O4. The minimum absolute atomic E-state index is 0.171. The smallest absolute Gasteiger partial charge is 0.304 e. The van der Waals surface area contributed by atoms with E-state index in [1.807, 2.05) is 0 Å². The first kappa shape index (κ1) is 15.4. The molecule has 7 heteroatoms. The summed E-state index contributed by atoms with van der Waals surface area (Å²) in [5.74, 6) is -1.26. The lowest BCUT2D eigenvalue weighted by Gasteiger charge is -2.16. The minimum Gasteiger partial charge on any atom is -0.481 e. The summed E-state index contributed by atoms with van der Waals surface area (Å²) in [4.78, 5) is 22.5. The van der Waals surface area contributed by atoms with Crippen molar-refractivity contribution in [2.45, 2.75) is 25.8 Å². The van der Waals surface area contributed by atoms with Gasteiger partial charge in [0.05, 0.1) is 4.92 Å². The van der Waals surface area contributed by atoms with Gasteiger partial charge >= 0.3 is 11.7 Å². The number of nitrogens with zero attached hydrogens (tertiary/aromatic N) is 2. The fourth-order valence-corrected chi connectivity index (χ4v) is 2.67. The van der Waals surface area contributed by atoms with Crippen LogP contribution in [0.2, 0.25) is 0 Å². The number of benzene rings is 1. The Morgan fingerprint density at radius 1 is 1.52 bits per heavy atom. The van der Waals surface area contributed by atoms with Gasteiger partial charge in [-0.1, -0.05) is 6.07 Å². The van der Waals surface area contributed by atoms with Crippen molar-refractivity contribution in [1.82, 2.24) is 4.90 Å². The Bertz CT molecular complexity index is 550. The summed E-state index contributed by atoms with van der Waals surface area (Å²) in [5.41, 5.74) is 0.177. The monoisotopic (exact) mass is 296 g/mol. The van der Waals surface area contributed by atoms with Gasteiger partial charge in [-0.15, -0.1) is 0 Å². The Kier molecular flexibility index (Phi) is 4.85. The highest BCUT2D eigenvalue weighted by Gasteiger charge is 2.23. The average Bonchev–Trinajstić information content (AvgIpc) is 2.83. The first-order chi connectivity index (χ1) is 9.95. The van der Waals surface area contributed by atoms with Gasteiger partial charge in [0, 0.05) is 25.6 Å². The molecule has 1 aromatic carbocycles. The van der Waals surface area contributed by atoms with Crippen molar-refractivity contribution in [2.75, 3.05) is 13.1 Å². The molecule has 21 heavy (non-hydrogen) atoms. The molecule has 0 saturated carbocycles. The molecule has 1 heterocycles. The number of likely N-dealkylation sites (tertiary alicyclic amines) is 1. The standard InChI is InChI=1S/C14H17FN2O4/c15-12-7-11(1-3-13(12)17(20)21)9-16-6-5-10(8-16)2-4-14(18)19/h1,3,7,10H,2,4-6,8-9H2,(H,18,19). The molecule has 0 radical (unpaired) electrons. The average molecular weight is 296 g/mol. The van der Waals surface area contributed by atoms with Gasteiger partial charge in [-0.2, -0.15) is 4.39 Å². The third-order valence-electron chi connectivity index (χ3n) is 3.75. The van der Waals surface area contributed by atoms with Crippen molar-refractivity contribution >= 4 is 11.7 Å². The van der Waals surface area contributed by atoms with Gasteiger partial charge in [0.25, 0.3) is 0 Å². The van der Waals surface area contributed by atoms with E-state index in [1.54, 1.807) is 6.07 Å². The molecule has 0 aromatic heterocycles. The number of hydrogen-bond donors (Lipinski definition) is 1. The summed E-state index contributed by atoms with van der Waals surface area (Å²) in [6, 6.07) is 3.94. The zero-order chi connectivity index (χ0) is 15.4. The predicted molar refractivity (Wildman–Crippen MR) is 73.3 cm³/mol. The van der Waals surface area contributed by atoms with Gasteiger partial charge in [-0.3, -0.25) is 19.8 Å². The van der Waals surface area contributed by atoms with Crippen molar-refractivity contribution < 1.29 is 19.2 Å². The lowest BCUT2D eigenvalue weighted by molar-refractivity contribution is -0.387. The summed E-state index contributed by atoms with van der Waals surface area (Å²) in [7, 11) is 0. The van der Waals surface area contributed by atoms with Crippen LogP contribution in [0.5, 0.6) is 0 Å². The van der Waals surface area contributed by atoms with E-state index in [0.717, 1.165) is 19.5 Å². The van der Waals surface area contributed by atoms with E-state index in [1.165, 1.54) is 12.1 Å². The number of halogens is 1. The van der Waals surface area contributed by atoms with Crippen LogP contribution in [0.15, 0.2) is 18.2 Å². The summed E-state index contributed by atoms with van der Waals surface area (Å²) < 4.78 is 13.5. The molecule has 2 rings (SSSR count). The molecule has 1 aliphatic heterocycles. The number of nitro benzene ring substituents is 1. The van der Waals surface area contributed by atoms with Crippen LogP contribution in [-0.2, 0) is 11.3 Å². The van der Waals surface area contributed by atoms with Crippen molar-refractivity contribution in [2.24, 2.45) is 5.92 Å². The number of carboxylic acids is 1. The van der Waals surface area contributed by atoms with Crippen LogP contribution in [0.1, 0.15) is 24.8 Å². The lowest BCUT2D eigenvalue weighted by atomic mass is 10.0. The highest BCUT2D eigenvalue weighted by molar-refractivity contribution is 5.66. The molecule has 0 amide bonds. The van der Waals surface area contributed by atoms with Crippen LogP contribution < -0.4 is 0 Å². The molecule has 1 saturated heterocycles. The Hall–Kier alpha value is -2.02. The van der Waals surface area contributed by atoms with Crippen molar-refractivity contribution in [1.29, 1.82) is 0 Å². The second-order valence-corrected chi connectivity index (χ2v) is 5.37. The van der Waals surface area contributed by atoms with Crippen molar-refractivity contribution in [3.63, 3.8) is 0 Å². The molecule has 6 nitrogen and oxygen atoms in total. The minimum atomic E-state index is -0.820. The van der Waals surface area contributed by atoms with E-state index < -0.39 is 22.4 Å². The summed E-state index contributed by atoms with van der Waals surface area (Å²) in [5, 5.41) is 19.2. The zero-order valence-corrected chi connectivity index (χ0v) is 11.5. The number of nitro groups is 1. The van der Waals surface area contributed by atoms with E-state index >= 15 is 0 Å². The second-order valence-electron chi connectivity index (χ2n) is 5.37. The molecule has 1 unspecified atom stereocenters. The van der Waals surface area contributed by atoms with Crippen LogP contribution in [0, 0.1) is 21.8 Å². The van der Waals surface area contributed by atoms with E-state index in [9.17, 15) is 19.3 Å². The van der Waals surface area contributed by atoms with Crippen LogP contribution in [0.3, 0.4) is 0 Å². The number of hydrogen-bond acceptors (Lipinski definition) is 4. The number of carboxylic acid groups (broad SMARTS) is 1. The van der Waals surface area contributed by atoms with Gasteiger partial charge < -0.3 is 5.11 Å². The lowest BCUT2D eigenvalue weighted by Crippen LogP contribution is -2.20. The highest BCUT2D eigenvalue weighted by Crippen LogP contribution is 2.24. The third kappa shape index (κ3) is 4.22. The molecule has 1 fully saturated rings. The maximum Gasteiger partial charge on any atom is 0.304 e. The van der Waals surface area contributed by atoms with Crippen LogP contribution in [-0.4, -0.2) is 34.0 Å². The van der Waals surface area contributed by atoms with Gasteiger partial charge in [0.15, 0.2) is 0 Å². The molecule has 1 aliphatic rings. The second kappa shape index (κ2) is 6.62. The van der Waals surface area contributed by atoms with Gasteiger partial charge in [0.1, 0.15) is 0 Å². The number of rotatable bonds is 6. The highest BCUT2D eigenvalue weighted by atomic mass is 19.1. The molecule has 0 spiro atoms. The molecule has 114 valence electrons. The summed E-state index contributed by atoms with van der Waals surface area (Å²) in [6.45, 7) is 2.15. The Labute approximate surface area is 121 Å². The summed E-state index contributed by atoms with van der Waals surface area (Å²) in [6.07, 6.45) is 1.76. The predicted octanol–water partition coefficient (Wildman–Crippen LogP) is 2.42. The molecule has 1 atom stereocenters. The molecule has 1 aromatic rings. The first-order valence-corrected chi connectivity index (χ1v) is 6.82. The van der Waals surface area contributed by atoms with Gasteiger partial charge in [-0.25, -0.2) is 0 Å². The van der Waals surface area contributed by atoms with Crippen molar-refractivity contribution in [3.8, 4) is 0 Å². The molecule has 0 bridgehead atoms. The molecule has 1 N–H and O–H groups in total. The topological polar surface area (TPSA) is 83.7 Å². The zero-order valence-electron chi connectivity index (χ0n) is 11.5. The maximum atomic E-state index is 13.5. The first-order valence-electron chi connectivity index (χ1n) is 6.82. The van der Waals surface area contributed by atoms with Gasteiger partial charge in [-0.05, 0) is 36.9 Å².